The molecule has 3 N–H and O–H groups in total. The minimum Gasteiger partial charge on any atom is -0.369 e. The van der Waals surface area contributed by atoms with Gasteiger partial charge >= 0.3 is 0 Å². The Kier molecular flexibility index (Phi) is 2.66. The van der Waals surface area contributed by atoms with Gasteiger partial charge in [0.1, 0.15) is 11.2 Å². The molecule has 6 nitrogen and oxygen atoms in total. The summed E-state index contributed by atoms with van der Waals surface area (Å²) >= 11 is 0. The fraction of sp³-hybridized carbons (Fsp3) is 0.462. The quantitative estimate of drug-likeness (QED) is 0.754. The predicted molar refractivity (Wildman–Crippen MR) is 75.8 cm³/mol. The lowest BCUT2D eigenvalue weighted by Crippen LogP contribution is -2.11. The highest BCUT2D eigenvalue weighted by Gasteiger charge is 2.15. The van der Waals surface area contributed by atoms with E-state index in [0.717, 1.165) is 35.1 Å². The van der Waals surface area contributed by atoms with Crippen molar-refractivity contribution in [2.24, 2.45) is 5.92 Å². The number of anilines is 1. The summed E-state index contributed by atoms with van der Waals surface area (Å²) in [4.78, 5) is 7.40. The van der Waals surface area contributed by atoms with Gasteiger partial charge in [-0.25, -0.2) is 0 Å². The molecule has 3 heterocycles. The van der Waals surface area contributed by atoms with Crippen LogP contribution in [0.1, 0.15) is 25.8 Å². The number of nitrogen functional groups attached to an aromatic ring is 1. The zero-order chi connectivity index (χ0) is 13.6. The van der Waals surface area contributed by atoms with Crippen LogP contribution in [0.2, 0.25) is 0 Å². The minimum absolute atomic E-state index is 0.371. The fourth-order valence-corrected chi connectivity index (χ4v) is 2.37. The lowest BCUT2D eigenvalue weighted by Gasteiger charge is -2.15. The van der Waals surface area contributed by atoms with E-state index in [0.29, 0.717) is 17.5 Å². The van der Waals surface area contributed by atoms with Gasteiger partial charge in [0.05, 0.1) is 5.39 Å². The third kappa shape index (κ3) is 1.83. The summed E-state index contributed by atoms with van der Waals surface area (Å²) in [6, 6.07) is 0. The standard InChI is InChI=1S/C13H18N6/c1-4-7(2)5-19-6-8(3)10-9-11(18-17-10)15-13(14)16-12(9)19/h6-7H,4-5H2,1-3H3,(H3,14,15,16,17,18). The molecule has 3 rings (SSSR count). The number of hydrogen-bond donors (Lipinski definition) is 2. The van der Waals surface area contributed by atoms with Gasteiger partial charge < -0.3 is 15.3 Å². The van der Waals surface area contributed by atoms with Crippen molar-refractivity contribution in [3.63, 3.8) is 0 Å². The van der Waals surface area contributed by atoms with Crippen LogP contribution in [0.15, 0.2) is 6.20 Å². The van der Waals surface area contributed by atoms with Gasteiger partial charge in [-0.05, 0) is 18.4 Å². The summed E-state index contributed by atoms with van der Waals surface area (Å²) in [5.74, 6) is 0.958. The Hall–Kier alpha value is -2.11. The highest BCUT2D eigenvalue weighted by Crippen LogP contribution is 2.26. The van der Waals surface area contributed by atoms with Crippen LogP contribution in [0.3, 0.4) is 0 Å². The van der Waals surface area contributed by atoms with Gasteiger partial charge in [-0.2, -0.15) is 4.98 Å². The first-order valence-electron chi connectivity index (χ1n) is 6.57. The maximum Gasteiger partial charge on any atom is 0.201 e. The Bertz CT molecular complexity index is 738. The van der Waals surface area contributed by atoms with Crippen LogP contribution in [-0.2, 0) is 6.54 Å². The summed E-state index contributed by atoms with van der Waals surface area (Å²) < 4.78 is 2.16. The molecule has 0 aliphatic heterocycles. The zero-order valence-corrected chi connectivity index (χ0v) is 11.4. The topological polar surface area (TPSA) is 85.4 Å². The fourth-order valence-electron chi connectivity index (χ4n) is 2.37. The van der Waals surface area contributed by atoms with E-state index in [1.165, 1.54) is 0 Å². The molecular formula is C13H18N6. The molecule has 100 valence electrons. The number of nitrogens with one attached hydrogen (secondary N) is 1. The molecule has 0 saturated carbocycles. The number of nitrogens with zero attached hydrogens (tertiary/aromatic N) is 4. The molecule has 3 aromatic heterocycles. The summed E-state index contributed by atoms with van der Waals surface area (Å²) in [5.41, 5.74) is 9.38. The van der Waals surface area contributed by atoms with Crippen LogP contribution in [0.5, 0.6) is 0 Å². The van der Waals surface area contributed by atoms with E-state index in [1.807, 2.05) is 6.92 Å². The molecule has 0 bridgehead atoms. The second kappa shape index (κ2) is 4.22. The number of pyridine rings is 1. The molecule has 0 aliphatic rings. The summed E-state index contributed by atoms with van der Waals surface area (Å²) in [7, 11) is 0. The SMILES string of the molecule is CCC(C)Cn1cc(C)c2nnc3[nH]c(N)nc1c32. The summed E-state index contributed by atoms with van der Waals surface area (Å²) in [5, 5.41) is 9.32. The number of aromatic nitrogens is 5. The second-order valence-corrected chi connectivity index (χ2v) is 5.20. The highest BCUT2D eigenvalue weighted by molar-refractivity contribution is 6.04. The minimum atomic E-state index is 0.371. The third-order valence-electron chi connectivity index (χ3n) is 3.62. The van der Waals surface area contributed by atoms with Crippen LogP contribution < -0.4 is 5.73 Å². The van der Waals surface area contributed by atoms with Crippen molar-refractivity contribution in [2.45, 2.75) is 33.7 Å². The average Bonchev–Trinajstić information content (AvgIpc) is 2.79. The summed E-state index contributed by atoms with van der Waals surface area (Å²) in [6.07, 6.45) is 3.22. The first-order valence-corrected chi connectivity index (χ1v) is 6.57. The molecule has 0 fully saturated rings. The average molecular weight is 258 g/mol. The molecule has 19 heavy (non-hydrogen) atoms. The van der Waals surface area contributed by atoms with E-state index >= 15 is 0 Å². The maximum atomic E-state index is 5.81. The Labute approximate surface area is 111 Å². The van der Waals surface area contributed by atoms with Gasteiger partial charge in [0.2, 0.25) is 5.95 Å². The van der Waals surface area contributed by atoms with Crippen molar-refractivity contribution >= 4 is 28.1 Å². The van der Waals surface area contributed by atoms with Crippen molar-refractivity contribution in [3.8, 4) is 0 Å². The Morgan fingerprint density at radius 1 is 1.42 bits per heavy atom. The van der Waals surface area contributed by atoms with Crippen molar-refractivity contribution in [2.75, 3.05) is 5.73 Å². The number of H-pyrrole nitrogens is 1. The van der Waals surface area contributed by atoms with Crippen LogP contribution in [0.25, 0.3) is 22.2 Å². The number of hydrogen-bond acceptors (Lipinski definition) is 4. The van der Waals surface area contributed by atoms with Gasteiger partial charge in [0.25, 0.3) is 0 Å². The lowest BCUT2D eigenvalue weighted by molar-refractivity contribution is 0.474. The van der Waals surface area contributed by atoms with Gasteiger partial charge in [-0.1, -0.05) is 20.3 Å². The van der Waals surface area contributed by atoms with Crippen LogP contribution in [0.4, 0.5) is 5.95 Å². The Morgan fingerprint density at radius 2 is 2.21 bits per heavy atom. The van der Waals surface area contributed by atoms with Crippen molar-refractivity contribution < 1.29 is 0 Å². The van der Waals surface area contributed by atoms with Gasteiger partial charge in [-0.3, -0.25) is 0 Å². The van der Waals surface area contributed by atoms with E-state index in [4.69, 9.17) is 5.73 Å². The number of aromatic amines is 1. The zero-order valence-electron chi connectivity index (χ0n) is 11.4. The second-order valence-electron chi connectivity index (χ2n) is 5.20. The van der Waals surface area contributed by atoms with Crippen molar-refractivity contribution in [1.29, 1.82) is 0 Å². The summed E-state index contributed by atoms with van der Waals surface area (Å²) in [6.45, 7) is 7.39. The molecule has 6 heteroatoms. The normalized spacial score (nSPS) is 13.4. The molecule has 0 saturated heterocycles. The lowest BCUT2D eigenvalue weighted by atomic mass is 10.1. The largest absolute Gasteiger partial charge is 0.369 e. The van der Waals surface area contributed by atoms with Crippen molar-refractivity contribution in [3.05, 3.63) is 11.8 Å². The monoisotopic (exact) mass is 258 g/mol. The molecule has 0 aromatic carbocycles. The Balaban J connectivity index is 2.32. The third-order valence-corrected chi connectivity index (χ3v) is 3.62. The Morgan fingerprint density at radius 3 is 2.95 bits per heavy atom. The molecule has 1 atom stereocenters. The molecule has 3 aromatic rings. The molecule has 0 amide bonds. The smallest absolute Gasteiger partial charge is 0.201 e. The van der Waals surface area contributed by atoms with Crippen LogP contribution >= 0.6 is 0 Å². The number of nitrogens with two attached hydrogens (primary N) is 1. The predicted octanol–water partition coefficient (Wildman–Crippen LogP) is 2.24. The van der Waals surface area contributed by atoms with Crippen molar-refractivity contribution in [1.82, 2.24) is 24.7 Å². The van der Waals surface area contributed by atoms with Gasteiger partial charge in [0, 0.05) is 12.7 Å². The van der Waals surface area contributed by atoms with E-state index in [9.17, 15) is 0 Å². The molecule has 0 radical (unpaired) electrons. The molecule has 1 unspecified atom stereocenters. The molecule has 0 aliphatic carbocycles. The van der Waals surface area contributed by atoms with Gasteiger partial charge in [0.15, 0.2) is 5.65 Å². The van der Waals surface area contributed by atoms with E-state index in [1.54, 1.807) is 0 Å². The molecular weight excluding hydrogens is 240 g/mol. The van der Waals surface area contributed by atoms with E-state index in [-0.39, 0.29) is 0 Å². The first kappa shape index (κ1) is 12.0. The first-order chi connectivity index (χ1) is 9.10. The molecule has 0 spiro atoms. The number of aryl methyl sites for hydroxylation is 1. The number of rotatable bonds is 3. The van der Waals surface area contributed by atoms with Crippen LogP contribution in [-0.4, -0.2) is 24.7 Å². The highest BCUT2D eigenvalue weighted by atomic mass is 15.2. The van der Waals surface area contributed by atoms with Gasteiger partial charge in [-0.15, -0.1) is 10.2 Å². The van der Waals surface area contributed by atoms with E-state index in [2.05, 4.69) is 44.8 Å². The van der Waals surface area contributed by atoms with E-state index < -0.39 is 0 Å². The van der Waals surface area contributed by atoms with Crippen LogP contribution in [0, 0.1) is 12.8 Å². The maximum absolute atomic E-state index is 5.81.